The summed E-state index contributed by atoms with van der Waals surface area (Å²) in [6.07, 6.45) is 0.601. The van der Waals surface area contributed by atoms with Crippen LogP contribution in [0.1, 0.15) is 26.7 Å². The number of methoxy groups -OCH3 is 1. The molecule has 0 unspecified atom stereocenters. The summed E-state index contributed by atoms with van der Waals surface area (Å²) in [7, 11) is 1.24. The molecule has 0 aromatic carbocycles. The standard InChI is InChI=1S/C14H24N4O5/c1-4-9(2)16-14(22)17-11(19)8-18-6-5-15-13(21)10(18)7-12(20)23-3/h9-10H,4-8H2,1-3H3,(H,15,21)(H2,16,17,19,22)/t9-,10+/m1/s1. The molecule has 2 atom stereocenters. The number of nitrogens with zero attached hydrogens (tertiary/aromatic N) is 1. The Bertz CT molecular complexity index is 468. The fraction of sp³-hybridized carbons (Fsp3) is 0.714. The van der Waals surface area contributed by atoms with E-state index < -0.39 is 23.9 Å². The maximum Gasteiger partial charge on any atom is 0.321 e. The molecule has 3 N–H and O–H groups in total. The lowest BCUT2D eigenvalue weighted by molar-refractivity contribution is -0.146. The molecule has 0 radical (unpaired) electrons. The second kappa shape index (κ2) is 9.09. The predicted molar refractivity (Wildman–Crippen MR) is 81.4 cm³/mol. The number of urea groups is 1. The van der Waals surface area contributed by atoms with E-state index in [2.05, 4.69) is 20.7 Å². The minimum atomic E-state index is -0.778. The average Bonchev–Trinajstić information content (AvgIpc) is 2.49. The van der Waals surface area contributed by atoms with Crippen LogP contribution < -0.4 is 16.0 Å². The van der Waals surface area contributed by atoms with Gasteiger partial charge >= 0.3 is 12.0 Å². The van der Waals surface area contributed by atoms with Crippen molar-refractivity contribution in [3.8, 4) is 0 Å². The van der Waals surface area contributed by atoms with E-state index >= 15 is 0 Å². The third-order valence-electron chi connectivity index (χ3n) is 3.62. The molecule has 1 aliphatic rings. The number of rotatable bonds is 6. The third kappa shape index (κ3) is 6.23. The number of nitrogens with one attached hydrogen (secondary N) is 3. The van der Waals surface area contributed by atoms with Gasteiger partial charge in [-0.3, -0.25) is 24.6 Å². The number of esters is 1. The molecular formula is C14H24N4O5. The van der Waals surface area contributed by atoms with E-state index in [4.69, 9.17) is 0 Å². The Hall–Kier alpha value is -2.16. The molecule has 0 bridgehead atoms. The molecule has 1 aliphatic heterocycles. The molecular weight excluding hydrogens is 304 g/mol. The van der Waals surface area contributed by atoms with E-state index in [0.717, 1.165) is 6.42 Å². The Kier molecular flexibility index (Phi) is 7.46. The Morgan fingerprint density at radius 1 is 1.43 bits per heavy atom. The van der Waals surface area contributed by atoms with Gasteiger partial charge in [-0.15, -0.1) is 0 Å². The van der Waals surface area contributed by atoms with Crippen LogP contribution in [0.2, 0.25) is 0 Å². The molecule has 0 saturated carbocycles. The zero-order valence-corrected chi connectivity index (χ0v) is 13.7. The first-order chi connectivity index (χ1) is 10.9. The molecule has 23 heavy (non-hydrogen) atoms. The number of carbonyl (C=O) groups excluding carboxylic acids is 4. The number of amides is 4. The van der Waals surface area contributed by atoms with E-state index in [0.29, 0.717) is 13.1 Å². The molecule has 9 nitrogen and oxygen atoms in total. The van der Waals surface area contributed by atoms with Crippen molar-refractivity contribution >= 4 is 23.8 Å². The zero-order valence-electron chi connectivity index (χ0n) is 13.7. The lowest BCUT2D eigenvalue weighted by Gasteiger charge is -2.33. The van der Waals surface area contributed by atoms with Crippen LogP contribution in [0.3, 0.4) is 0 Å². The molecule has 0 aliphatic carbocycles. The minimum Gasteiger partial charge on any atom is -0.469 e. The summed E-state index contributed by atoms with van der Waals surface area (Å²) in [6.45, 7) is 4.38. The first kappa shape index (κ1) is 18.9. The smallest absolute Gasteiger partial charge is 0.321 e. The maximum absolute atomic E-state index is 11.9. The van der Waals surface area contributed by atoms with Crippen molar-refractivity contribution in [1.29, 1.82) is 0 Å². The van der Waals surface area contributed by atoms with Gasteiger partial charge < -0.3 is 15.4 Å². The van der Waals surface area contributed by atoms with Crippen LogP contribution >= 0.6 is 0 Å². The molecule has 0 aromatic rings. The normalized spacial score (nSPS) is 19.4. The summed E-state index contributed by atoms with van der Waals surface area (Å²) in [5, 5.41) is 7.47. The molecule has 1 rings (SSSR count). The number of ether oxygens (including phenoxy) is 1. The number of hydrogen-bond acceptors (Lipinski definition) is 6. The van der Waals surface area contributed by atoms with Crippen LogP contribution in [0.25, 0.3) is 0 Å². The SMILES string of the molecule is CC[C@@H](C)NC(=O)NC(=O)CN1CCNC(=O)[C@@H]1CC(=O)OC. The molecule has 130 valence electrons. The average molecular weight is 328 g/mol. The largest absolute Gasteiger partial charge is 0.469 e. The summed E-state index contributed by atoms with van der Waals surface area (Å²) < 4.78 is 4.56. The zero-order chi connectivity index (χ0) is 17.4. The highest BCUT2D eigenvalue weighted by Crippen LogP contribution is 2.09. The molecule has 4 amide bonds. The van der Waals surface area contributed by atoms with Gasteiger partial charge in [0.05, 0.1) is 20.1 Å². The highest BCUT2D eigenvalue weighted by molar-refractivity contribution is 5.96. The molecule has 9 heteroatoms. The summed E-state index contributed by atoms with van der Waals surface area (Å²) in [5.41, 5.74) is 0. The number of hydrogen-bond donors (Lipinski definition) is 3. The highest BCUT2D eigenvalue weighted by atomic mass is 16.5. The second-order valence-electron chi connectivity index (χ2n) is 5.39. The minimum absolute atomic E-state index is 0.0457. The van der Waals surface area contributed by atoms with Crippen LogP contribution in [0.4, 0.5) is 4.79 Å². The highest BCUT2D eigenvalue weighted by Gasteiger charge is 2.33. The van der Waals surface area contributed by atoms with Gasteiger partial charge in [-0.25, -0.2) is 4.79 Å². The van der Waals surface area contributed by atoms with Crippen molar-refractivity contribution in [1.82, 2.24) is 20.9 Å². The summed E-state index contributed by atoms with van der Waals surface area (Å²) in [5.74, 6) is -1.40. The molecule has 1 saturated heterocycles. The fourth-order valence-corrected chi connectivity index (χ4v) is 2.13. The Balaban J connectivity index is 2.57. The summed E-state index contributed by atoms with van der Waals surface area (Å²) in [4.78, 5) is 48.4. The monoisotopic (exact) mass is 328 g/mol. The quantitative estimate of drug-likeness (QED) is 0.537. The van der Waals surface area contributed by atoms with Crippen molar-refractivity contribution in [3.05, 3.63) is 0 Å². The van der Waals surface area contributed by atoms with Crippen molar-refractivity contribution in [2.24, 2.45) is 0 Å². The van der Waals surface area contributed by atoms with Crippen molar-refractivity contribution in [2.75, 3.05) is 26.7 Å². The lowest BCUT2D eigenvalue weighted by Crippen LogP contribution is -2.58. The lowest BCUT2D eigenvalue weighted by atomic mass is 10.1. The van der Waals surface area contributed by atoms with Crippen molar-refractivity contribution in [2.45, 2.75) is 38.8 Å². The van der Waals surface area contributed by atoms with Crippen molar-refractivity contribution < 1.29 is 23.9 Å². The van der Waals surface area contributed by atoms with Crippen LogP contribution in [0.5, 0.6) is 0 Å². The first-order valence-corrected chi connectivity index (χ1v) is 7.56. The van der Waals surface area contributed by atoms with Crippen LogP contribution in [0.15, 0.2) is 0 Å². The second-order valence-corrected chi connectivity index (χ2v) is 5.39. The third-order valence-corrected chi connectivity index (χ3v) is 3.62. The van der Waals surface area contributed by atoms with E-state index in [1.165, 1.54) is 7.11 Å². The molecule has 1 heterocycles. The van der Waals surface area contributed by atoms with E-state index in [1.807, 2.05) is 13.8 Å². The Labute approximate surface area is 135 Å². The molecule has 1 fully saturated rings. The van der Waals surface area contributed by atoms with Gasteiger partial charge in [0.15, 0.2) is 0 Å². The predicted octanol–water partition coefficient (Wildman–Crippen LogP) is -1.03. The number of imide groups is 1. The Morgan fingerprint density at radius 2 is 2.13 bits per heavy atom. The van der Waals surface area contributed by atoms with Gasteiger partial charge in [0.2, 0.25) is 11.8 Å². The molecule has 0 spiro atoms. The van der Waals surface area contributed by atoms with Crippen molar-refractivity contribution in [3.63, 3.8) is 0 Å². The van der Waals surface area contributed by atoms with E-state index in [-0.39, 0.29) is 24.9 Å². The van der Waals surface area contributed by atoms with Gasteiger partial charge in [0.1, 0.15) is 6.04 Å². The number of piperazine rings is 1. The van der Waals surface area contributed by atoms with Crippen LogP contribution in [-0.4, -0.2) is 67.5 Å². The van der Waals surface area contributed by atoms with E-state index in [1.54, 1.807) is 4.90 Å². The van der Waals surface area contributed by atoms with Crippen LogP contribution in [-0.2, 0) is 19.1 Å². The van der Waals surface area contributed by atoms with E-state index in [9.17, 15) is 19.2 Å². The van der Waals surface area contributed by atoms with Gasteiger partial charge in [0, 0.05) is 19.1 Å². The first-order valence-electron chi connectivity index (χ1n) is 7.56. The van der Waals surface area contributed by atoms with Gasteiger partial charge in [-0.1, -0.05) is 6.92 Å². The fourth-order valence-electron chi connectivity index (χ4n) is 2.13. The maximum atomic E-state index is 11.9. The molecule has 0 aromatic heterocycles. The topological polar surface area (TPSA) is 117 Å². The van der Waals surface area contributed by atoms with Crippen LogP contribution in [0, 0.1) is 0 Å². The number of carbonyl (C=O) groups is 4. The summed E-state index contributed by atoms with van der Waals surface area (Å²) >= 11 is 0. The Morgan fingerprint density at radius 3 is 2.74 bits per heavy atom. The summed E-state index contributed by atoms with van der Waals surface area (Å²) in [6, 6.07) is -1.40. The van der Waals surface area contributed by atoms with Gasteiger partial charge in [0.25, 0.3) is 0 Å². The van der Waals surface area contributed by atoms with Gasteiger partial charge in [-0.05, 0) is 13.3 Å². The van der Waals surface area contributed by atoms with Gasteiger partial charge in [-0.2, -0.15) is 0 Å².